The standard InChI is InChI=1S/C16H24N4O2.C8H16/c1-4-14(21)20-10-13-12(16(20,2)3)9-17-15(19-13)18-11-5-7-22-8-6-11;1-2-8-6-4-3-5-7-8/h9,11H,4-8,10H2,1-3H3,(H,17,18,19);8H,2-7H2,1H3. The Labute approximate surface area is 182 Å². The first-order valence-corrected chi connectivity index (χ1v) is 12.0. The summed E-state index contributed by atoms with van der Waals surface area (Å²) in [7, 11) is 0. The van der Waals surface area contributed by atoms with Gasteiger partial charge in [0.2, 0.25) is 11.9 Å². The molecule has 0 bridgehead atoms. The van der Waals surface area contributed by atoms with Gasteiger partial charge in [0.25, 0.3) is 0 Å². The molecule has 1 aromatic rings. The maximum Gasteiger partial charge on any atom is 0.223 e. The van der Waals surface area contributed by atoms with Crippen molar-refractivity contribution >= 4 is 11.9 Å². The lowest BCUT2D eigenvalue weighted by Gasteiger charge is -2.31. The van der Waals surface area contributed by atoms with Crippen LogP contribution in [0.2, 0.25) is 0 Å². The number of hydrogen-bond acceptors (Lipinski definition) is 5. The van der Waals surface area contributed by atoms with Gasteiger partial charge in [0, 0.05) is 37.4 Å². The van der Waals surface area contributed by atoms with Crippen LogP contribution in [0.1, 0.15) is 96.7 Å². The molecule has 6 nitrogen and oxygen atoms in total. The number of amides is 1. The molecule has 3 heterocycles. The van der Waals surface area contributed by atoms with Crippen LogP contribution < -0.4 is 5.32 Å². The van der Waals surface area contributed by atoms with Gasteiger partial charge in [0.1, 0.15) is 0 Å². The molecule has 0 spiro atoms. The Kier molecular flexibility index (Phi) is 8.09. The number of nitrogens with one attached hydrogen (secondary N) is 1. The normalized spacial score (nSPS) is 21.5. The Bertz CT molecular complexity index is 694. The van der Waals surface area contributed by atoms with Crippen LogP contribution >= 0.6 is 0 Å². The Morgan fingerprint density at radius 1 is 1.17 bits per heavy atom. The molecule has 1 aromatic heterocycles. The molecule has 6 heteroatoms. The van der Waals surface area contributed by atoms with Crippen LogP contribution in [-0.4, -0.2) is 40.0 Å². The molecule has 1 saturated carbocycles. The predicted octanol–water partition coefficient (Wildman–Crippen LogP) is 5.03. The predicted molar refractivity (Wildman–Crippen MR) is 120 cm³/mol. The van der Waals surface area contributed by atoms with Crippen LogP contribution in [0.15, 0.2) is 6.20 Å². The lowest BCUT2D eigenvalue weighted by Crippen LogP contribution is -2.39. The summed E-state index contributed by atoms with van der Waals surface area (Å²) in [6.45, 7) is 10.5. The minimum atomic E-state index is -0.334. The number of carbonyl (C=O) groups is 1. The van der Waals surface area contributed by atoms with E-state index in [0.29, 0.717) is 25.0 Å². The van der Waals surface area contributed by atoms with E-state index in [1.54, 1.807) is 0 Å². The van der Waals surface area contributed by atoms with Crippen molar-refractivity contribution in [1.29, 1.82) is 0 Å². The second-order valence-electron chi connectivity index (χ2n) is 9.39. The number of hydrogen-bond donors (Lipinski definition) is 1. The molecule has 4 rings (SSSR count). The lowest BCUT2D eigenvalue weighted by atomic mass is 9.88. The number of rotatable bonds is 4. The van der Waals surface area contributed by atoms with Crippen LogP contribution in [-0.2, 0) is 21.6 Å². The lowest BCUT2D eigenvalue weighted by molar-refractivity contribution is -0.136. The van der Waals surface area contributed by atoms with Gasteiger partial charge in [-0.15, -0.1) is 0 Å². The summed E-state index contributed by atoms with van der Waals surface area (Å²) in [6.07, 6.45) is 13.3. The first-order chi connectivity index (χ1) is 14.5. The van der Waals surface area contributed by atoms with E-state index in [0.717, 1.165) is 43.2 Å². The second-order valence-corrected chi connectivity index (χ2v) is 9.39. The molecule has 2 aliphatic heterocycles. The molecular formula is C24H40N4O2. The quantitative estimate of drug-likeness (QED) is 0.745. The summed E-state index contributed by atoms with van der Waals surface area (Å²) in [6, 6.07) is 0.370. The molecule has 0 unspecified atom stereocenters. The van der Waals surface area contributed by atoms with E-state index in [1.807, 2.05) is 18.0 Å². The largest absolute Gasteiger partial charge is 0.381 e. The zero-order chi connectivity index (χ0) is 21.6. The zero-order valence-electron chi connectivity index (χ0n) is 19.4. The van der Waals surface area contributed by atoms with Gasteiger partial charge < -0.3 is 15.0 Å². The Hall–Kier alpha value is -1.69. The maximum absolute atomic E-state index is 12.1. The van der Waals surface area contributed by atoms with Crippen molar-refractivity contribution in [3.8, 4) is 0 Å². The average molecular weight is 417 g/mol. The van der Waals surface area contributed by atoms with Crippen molar-refractivity contribution in [2.75, 3.05) is 18.5 Å². The van der Waals surface area contributed by atoms with Crippen LogP contribution in [0, 0.1) is 5.92 Å². The van der Waals surface area contributed by atoms with Gasteiger partial charge >= 0.3 is 0 Å². The minimum Gasteiger partial charge on any atom is -0.381 e. The summed E-state index contributed by atoms with van der Waals surface area (Å²) in [5.41, 5.74) is 1.67. The number of ether oxygens (including phenoxy) is 1. The summed E-state index contributed by atoms with van der Waals surface area (Å²) in [5, 5.41) is 3.39. The molecule has 3 aliphatic rings. The molecule has 168 valence electrons. The smallest absolute Gasteiger partial charge is 0.223 e. The number of fused-ring (bicyclic) bond motifs is 1. The zero-order valence-corrected chi connectivity index (χ0v) is 19.4. The van der Waals surface area contributed by atoms with E-state index in [1.165, 1.54) is 38.5 Å². The van der Waals surface area contributed by atoms with Crippen LogP contribution in [0.3, 0.4) is 0 Å². The first-order valence-electron chi connectivity index (χ1n) is 12.0. The molecule has 0 atom stereocenters. The molecule has 30 heavy (non-hydrogen) atoms. The highest BCUT2D eigenvalue weighted by molar-refractivity contribution is 5.77. The second kappa shape index (κ2) is 10.6. The fraction of sp³-hybridized carbons (Fsp3) is 0.792. The number of aromatic nitrogens is 2. The molecule has 1 amide bonds. The third-order valence-corrected chi connectivity index (χ3v) is 6.97. The van der Waals surface area contributed by atoms with Gasteiger partial charge in [-0.05, 0) is 32.6 Å². The molecule has 0 radical (unpaired) electrons. The summed E-state index contributed by atoms with van der Waals surface area (Å²) < 4.78 is 5.37. The van der Waals surface area contributed by atoms with Crippen molar-refractivity contribution in [2.45, 2.75) is 104 Å². The highest BCUT2D eigenvalue weighted by Crippen LogP contribution is 2.38. The maximum atomic E-state index is 12.1. The Morgan fingerprint density at radius 3 is 2.47 bits per heavy atom. The van der Waals surface area contributed by atoms with Gasteiger partial charge in [0.05, 0.1) is 17.8 Å². The Morgan fingerprint density at radius 2 is 1.87 bits per heavy atom. The monoisotopic (exact) mass is 416 g/mol. The third kappa shape index (κ3) is 5.51. The van der Waals surface area contributed by atoms with Gasteiger partial charge in [-0.2, -0.15) is 0 Å². The topological polar surface area (TPSA) is 67.4 Å². The van der Waals surface area contributed by atoms with Gasteiger partial charge in [-0.1, -0.05) is 52.4 Å². The number of carbonyl (C=O) groups excluding carboxylic acids is 1. The SMILES string of the molecule is CCC(=O)N1Cc2nc(NC3CCOCC3)ncc2C1(C)C.CCC1CCCCC1. The van der Waals surface area contributed by atoms with E-state index >= 15 is 0 Å². The summed E-state index contributed by atoms with van der Waals surface area (Å²) in [4.78, 5) is 23.2. The van der Waals surface area contributed by atoms with Crippen LogP contribution in [0.5, 0.6) is 0 Å². The number of anilines is 1. The van der Waals surface area contributed by atoms with Crippen LogP contribution in [0.25, 0.3) is 0 Å². The fourth-order valence-electron chi connectivity index (χ4n) is 4.82. The van der Waals surface area contributed by atoms with Gasteiger partial charge in [0.15, 0.2) is 0 Å². The summed E-state index contributed by atoms with van der Waals surface area (Å²) in [5.74, 6) is 1.90. The van der Waals surface area contributed by atoms with Gasteiger partial charge in [-0.3, -0.25) is 4.79 Å². The molecule has 1 aliphatic carbocycles. The van der Waals surface area contributed by atoms with Gasteiger partial charge in [-0.25, -0.2) is 9.97 Å². The minimum absolute atomic E-state index is 0.155. The van der Waals surface area contributed by atoms with E-state index in [4.69, 9.17) is 4.74 Å². The van der Waals surface area contributed by atoms with E-state index in [9.17, 15) is 4.79 Å². The molecule has 2 fully saturated rings. The first kappa shape index (κ1) is 23.0. The van der Waals surface area contributed by atoms with Crippen LogP contribution in [0.4, 0.5) is 5.95 Å². The van der Waals surface area contributed by atoms with Crippen molar-refractivity contribution < 1.29 is 9.53 Å². The summed E-state index contributed by atoms with van der Waals surface area (Å²) >= 11 is 0. The highest BCUT2D eigenvalue weighted by Gasteiger charge is 2.41. The van der Waals surface area contributed by atoms with E-state index in [2.05, 4.69) is 36.1 Å². The molecule has 1 saturated heterocycles. The molecular weight excluding hydrogens is 376 g/mol. The van der Waals surface area contributed by atoms with Crippen molar-refractivity contribution in [2.24, 2.45) is 5.92 Å². The molecule has 1 N–H and O–H groups in total. The van der Waals surface area contributed by atoms with Crippen molar-refractivity contribution in [3.63, 3.8) is 0 Å². The highest BCUT2D eigenvalue weighted by atomic mass is 16.5. The third-order valence-electron chi connectivity index (χ3n) is 6.97. The van der Waals surface area contributed by atoms with E-state index < -0.39 is 0 Å². The Balaban J connectivity index is 0.000000269. The fourth-order valence-corrected chi connectivity index (χ4v) is 4.82. The average Bonchev–Trinajstić information content (AvgIpc) is 3.05. The van der Waals surface area contributed by atoms with Crippen molar-refractivity contribution in [3.05, 3.63) is 17.5 Å². The van der Waals surface area contributed by atoms with E-state index in [-0.39, 0.29) is 11.4 Å². The van der Waals surface area contributed by atoms with Crippen molar-refractivity contribution in [1.82, 2.24) is 14.9 Å². The number of nitrogens with zero attached hydrogens (tertiary/aromatic N) is 3. The molecule has 0 aromatic carbocycles.